The number of carbonyl (C=O) groups is 5. The summed E-state index contributed by atoms with van der Waals surface area (Å²) in [5, 5.41) is 6.63. The van der Waals surface area contributed by atoms with Crippen LogP contribution in [0.4, 0.5) is 26.3 Å². The van der Waals surface area contributed by atoms with Crippen LogP contribution in [-0.4, -0.2) is 83.9 Å². The molecule has 3 rings (SSSR count). The molecule has 10 nitrogen and oxygen atoms in total. The number of hydrogen-bond donors (Lipinski definition) is 3. The molecule has 0 aromatic rings. The number of rotatable bonds is 12. The van der Waals surface area contributed by atoms with Crippen LogP contribution in [0.3, 0.4) is 0 Å². The van der Waals surface area contributed by atoms with Crippen molar-refractivity contribution < 1.29 is 55.1 Å². The van der Waals surface area contributed by atoms with E-state index in [9.17, 15) is 50.3 Å². The largest absolute Gasteiger partial charge is 0.471 e. The Morgan fingerprint density at radius 1 is 1.09 bits per heavy atom. The molecule has 3 fully saturated rings. The molecule has 0 bridgehead atoms. The average molecular weight is 641 g/mol. The van der Waals surface area contributed by atoms with Crippen LogP contribution in [-0.2, 0) is 28.7 Å². The third kappa shape index (κ3) is 9.10. The number of carbonyl (C=O) groups excluding carboxylic acids is 5. The SMILES string of the molecule is CCOC(=O)/C(F)=C/[C@H](C[C@@H]1CCNC1=O)NC(=O)[C@@H]1CC(F)(F)C[C@H](CC)N1C(=O)[C@@H](CC1CCC1)NC(=O)C(F)(F)F. The number of likely N-dealkylation sites (tertiary alicyclic amines) is 1. The molecule has 0 aromatic heterocycles. The van der Waals surface area contributed by atoms with Crippen LogP contribution in [0.25, 0.3) is 0 Å². The van der Waals surface area contributed by atoms with E-state index in [1.165, 1.54) is 13.8 Å². The maximum atomic E-state index is 14.9. The van der Waals surface area contributed by atoms with Crippen molar-refractivity contribution >= 4 is 29.6 Å². The molecule has 5 atom stereocenters. The van der Waals surface area contributed by atoms with E-state index in [1.54, 1.807) is 5.32 Å². The monoisotopic (exact) mass is 640 g/mol. The maximum Gasteiger partial charge on any atom is 0.471 e. The number of nitrogens with zero attached hydrogens (tertiary/aromatic N) is 1. The van der Waals surface area contributed by atoms with E-state index >= 15 is 0 Å². The summed E-state index contributed by atoms with van der Waals surface area (Å²) in [5.41, 5.74) is 0. The Labute approximate surface area is 250 Å². The van der Waals surface area contributed by atoms with Crippen molar-refractivity contribution in [2.75, 3.05) is 13.2 Å². The van der Waals surface area contributed by atoms with Crippen molar-refractivity contribution in [3.63, 3.8) is 0 Å². The van der Waals surface area contributed by atoms with Gasteiger partial charge in [-0.3, -0.25) is 19.2 Å². The highest BCUT2D eigenvalue weighted by molar-refractivity contribution is 5.94. The predicted octanol–water partition coefficient (Wildman–Crippen LogP) is 3.06. The van der Waals surface area contributed by atoms with Crippen LogP contribution in [0.15, 0.2) is 11.9 Å². The van der Waals surface area contributed by atoms with E-state index in [-0.39, 0.29) is 31.8 Å². The van der Waals surface area contributed by atoms with Crippen LogP contribution in [0, 0.1) is 11.8 Å². The Kier molecular flexibility index (Phi) is 11.7. The van der Waals surface area contributed by atoms with Crippen molar-refractivity contribution in [1.29, 1.82) is 0 Å². The molecular formula is C28H38F6N4O6. The zero-order chi connectivity index (χ0) is 32.8. The van der Waals surface area contributed by atoms with Gasteiger partial charge in [0.25, 0.3) is 5.92 Å². The number of nitrogens with one attached hydrogen (secondary N) is 3. The van der Waals surface area contributed by atoms with E-state index < -0.39 is 90.5 Å². The van der Waals surface area contributed by atoms with Gasteiger partial charge in [0, 0.05) is 31.3 Å². The van der Waals surface area contributed by atoms with E-state index in [4.69, 9.17) is 0 Å². The second-order valence-corrected chi connectivity index (χ2v) is 11.5. The normalized spacial score (nSPS) is 25.4. The molecule has 44 heavy (non-hydrogen) atoms. The number of hydrogen-bond acceptors (Lipinski definition) is 6. The fourth-order valence-corrected chi connectivity index (χ4v) is 5.83. The molecule has 2 aliphatic heterocycles. The maximum absolute atomic E-state index is 14.9. The lowest BCUT2D eigenvalue weighted by atomic mass is 9.80. The highest BCUT2D eigenvalue weighted by Crippen LogP contribution is 2.39. The summed E-state index contributed by atoms with van der Waals surface area (Å²) in [5.74, 6) is -12.2. The van der Waals surface area contributed by atoms with E-state index in [0.29, 0.717) is 31.9 Å². The third-order valence-corrected chi connectivity index (χ3v) is 8.29. The standard InChI is InChI=1S/C28H38F6N4O6/c1-3-18-13-27(30,31)14-21(38(18)24(41)20(10-15-6-5-7-15)37-26(43)28(32,33)34)23(40)36-17(11-16-8-9-35-22(16)39)12-19(29)25(42)44-4-2/h12,15-18,20-21H,3-11,13-14H2,1-2H3,(H,35,39)(H,36,40)(H,37,43)/b19-12-/t16-,17-,18-,20+,21-/m0/s1. The number of alkyl halides is 5. The molecule has 3 aliphatic rings. The van der Waals surface area contributed by atoms with Gasteiger partial charge in [0.15, 0.2) is 0 Å². The fourth-order valence-electron chi connectivity index (χ4n) is 5.83. The zero-order valence-electron chi connectivity index (χ0n) is 24.5. The van der Waals surface area contributed by atoms with Gasteiger partial charge < -0.3 is 25.6 Å². The second kappa shape index (κ2) is 14.6. The quantitative estimate of drug-likeness (QED) is 0.171. The molecule has 1 aliphatic carbocycles. The minimum Gasteiger partial charge on any atom is -0.461 e. The fraction of sp³-hybridized carbons (Fsp3) is 0.750. The summed E-state index contributed by atoms with van der Waals surface area (Å²) in [6.45, 7) is 3.04. The number of ether oxygens (including phenoxy) is 1. The van der Waals surface area contributed by atoms with Gasteiger partial charge in [-0.05, 0) is 44.6 Å². The first kappa shape index (κ1) is 35.2. The smallest absolute Gasteiger partial charge is 0.461 e. The van der Waals surface area contributed by atoms with Gasteiger partial charge >= 0.3 is 18.1 Å². The van der Waals surface area contributed by atoms with Crippen LogP contribution in [0.1, 0.15) is 71.6 Å². The molecule has 0 unspecified atom stereocenters. The highest BCUT2D eigenvalue weighted by atomic mass is 19.4. The van der Waals surface area contributed by atoms with Gasteiger partial charge in [-0.1, -0.05) is 26.2 Å². The molecular weight excluding hydrogens is 602 g/mol. The molecule has 3 N–H and O–H groups in total. The Hall–Kier alpha value is -3.33. The zero-order valence-corrected chi connectivity index (χ0v) is 24.5. The van der Waals surface area contributed by atoms with Crippen LogP contribution in [0.5, 0.6) is 0 Å². The summed E-state index contributed by atoms with van der Waals surface area (Å²) in [6.07, 6.45) is -4.89. The van der Waals surface area contributed by atoms with E-state index in [0.717, 1.165) is 11.3 Å². The van der Waals surface area contributed by atoms with Crippen molar-refractivity contribution in [2.24, 2.45) is 11.8 Å². The van der Waals surface area contributed by atoms with Crippen molar-refractivity contribution in [3.8, 4) is 0 Å². The predicted molar refractivity (Wildman–Crippen MR) is 142 cm³/mol. The Bertz CT molecular complexity index is 1130. The van der Waals surface area contributed by atoms with Gasteiger partial charge in [-0.15, -0.1) is 0 Å². The summed E-state index contributed by atoms with van der Waals surface area (Å²) in [7, 11) is 0. The summed E-state index contributed by atoms with van der Waals surface area (Å²) in [4.78, 5) is 64.2. The molecule has 2 saturated heterocycles. The molecule has 2 heterocycles. The molecule has 248 valence electrons. The van der Waals surface area contributed by atoms with E-state index in [1.807, 2.05) is 0 Å². The highest BCUT2D eigenvalue weighted by Gasteiger charge is 2.52. The van der Waals surface area contributed by atoms with Crippen LogP contribution >= 0.6 is 0 Å². The second-order valence-electron chi connectivity index (χ2n) is 11.5. The third-order valence-electron chi connectivity index (χ3n) is 8.29. The Balaban J connectivity index is 1.94. The van der Waals surface area contributed by atoms with Gasteiger partial charge in [-0.2, -0.15) is 17.6 Å². The number of halogens is 6. The minimum absolute atomic E-state index is 0.0858. The van der Waals surface area contributed by atoms with E-state index in [2.05, 4.69) is 15.4 Å². The molecule has 16 heteroatoms. The molecule has 0 radical (unpaired) electrons. The first-order valence-corrected chi connectivity index (χ1v) is 14.8. The Morgan fingerprint density at radius 2 is 1.77 bits per heavy atom. The topological polar surface area (TPSA) is 134 Å². The number of amides is 4. The molecule has 0 aromatic carbocycles. The molecule has 4 amide bonds. The van der Waals surface area contributed by atoms with Gasteiger partial charge in [0.1, 0.15) is 12.1 Å². The van der Waals surface area contributed by atoms with Gasteiger partial charge in [0.05, 0.1) is 12.6 Å². The first-order chi connectivity index (χ1) is 20.6. The van der Waals surface area contributed by atoms with Crippen molar-refractivity contribution in [1.82, 2.24) is 20.9 Å². The molecule has 1 saturated carbocycles. The number of esters is 1. The molecule has 0 spiro atoms. The summed E-state index contributed by atoms with van der Waals surface area (Å²) in [6, 6.07) is -6.30. The van der Waals surface area contributed by atoms with Crippen molar-refractivity contribution in [2.45, 2.75) is 108 Å². The average Bonchev–Trinajstić information content (AvgIpc) is 3.31. The Morgan fingerprint density at radius 3 is 2.30 bits per heavy atom. The summed E-state index contributed by atoms with van der Waals surface area (Å²) >= 11 is 0. The van der Waals surface area contributed by atoms with Gasteiger partial charge in [0.2, 0.25) is 23.5 Å². The minimum atomic E-state index is -5.32. The lowest BCUT2D eigenvalue weighted by Gasteiger charge is -2.46. The van der Waals surface area contributed by atoms with Crippen molar-refractivity contribution in [3.05, 3.63) is 11.9 Å². The van der Waals surface area contributed by atoms with Crippen LogP contribution in [0.2, 0.25) is 0 Å². The summed E-state index contributed by atoms with van der Waals surface area (Å²) < 4.78 is 88.5. The first-order valence-electron chi connectivity index (χ1n) is 14.8. The van der Waals surface area contributed by atoms with Crippen LogP contribution < -0.4 is 16.0 Å². The lowest BCUT2D eigenvalue weighted by molar-refractivity contribution is -0.177. The lowest BCUT2D eigenvalue weighted by Crippen LogP contribution is -2.65. The van der Waals surface area contributed by atoms with Gasteiger partial charge in [-0.25, -0.2) is 13.6 Å². The number of piperidine rings is 1.